The summed E-state index contributed by atoms with van der Waals surface area (Å²) in [5.74, 6) is -0.109. The average Bonchev–Trinajstić information content (AvgIpc) is 3.07. The Morgan fingerprint density at radius 3 is 2.57 bits per heavy atom. The van der Waals surface area contributed by atoms with Gasteiger partial charge in [0, 0.05) is 25.1 Å². The van der Waals surface area contributed by atoms with Gasteiger partial charge in [0.1, 0.15) is 6.61 Å². The molecule has 6 nitrogen and oxygen atoms in total. The number of alkyl carbamates (subject to hydrolysis) is 1. The first-order valence-electron chi connectivity index (χ1n) is 9.40. The number of nitrogens with one attached hydrogen (secondary N) is 1. The minimum absolute atomic E-state index is 0.0457. The molecule has 1 fully saturated rings. The number of carbonyl (C=O) groups is 3. The first-order valence-corrected chi connectivity index (χ1v) is 9.40. The van der Waals surface area contributed by atoms with Crippen molar-refractivity contribution in [2.24, 2.45) is 0 Å². The number of hydrogen-bond donors (Lipinski definition) is 1. The predicted molar refractivity (Wildman–Crippen MR) is 105 cm³/mol. The fourth-order valence-electron chi connectivity index (χ4n) is 3.37. The smallest absolute Gasteiger partial charge is 0.407 e. The second-order valence-corrected chi connectivity index (χ2v) is 6.81. The van der Waals surface area contributed by atoms with Crippen molar-refractivity contribution in [1.29, 1.82) is 0 Å². The lowest BCUT2D eigenvalue weighted by Gasteiger charge is -2.24. The Morgan fingerprint density at radius 2 is 1.82 bits per heavy atom. The van der Waals surface area contributed by atoms with Gasteiger partial charge in [0.15, 0.2) is 5.78 Å². The molecule has 0 radical (unpaired) electrons. The van der Waals surface area contributed by atoms with E-state index in [1.807, 2.05) is 55.5 Å². The lowest BCUT2D eigenvalue weighted by atomic mass is 9.98. The van der Waals surface area contributed by atoms with E-state index in [2.05, 4.69) is 5.32 Å². The van der Waals surface area contributed by atoms with Gasteiger partial charge in [-0.15, -0.1) is 0 Å². The van der Waals surface area contributed by atoms with Crippen molar-refractivity contribution in [2.75, 3.05) is 13.1 Å². The maximum atomic E-state index is 12.9. The van der Waals surface area contributed by atoms with E-state index in [1.54, 1.807) is 11.0 Å². The van der Waals surface area contributed by atoms with E-state index in [1.165, 1.54) is 0 Å². The van der Waals surface area contributed by atoms with Crippen LogP contribution in [-0.4, -0.2) is 41.8 Å². The van der Waals surface area contributed by atoms with Crippen LogP contribution in [0.25, 0.3) is 0 Å². The minimum atomic E-state index is -0.544. The molecule has 6 heteroatoms. The molecule has 1 heterocycles. The third kappa shape index (κ3) is 4.76. The summed E-state index contributed by atoms with van der Waals surface area (Å²) in [4.78, 5) is 38.5. The van der Waals surface area contributed by atoms with E-state index >= 15 is 0 Å². The molecular formula is C22H24N2O4. The standard InChI is InChI=1S/C22H24N2O4/c1-16-7-5-6-10-18(16)21(26)19-11-12-20(25)24(19)14-13-23-22(27)28-15-17-8-3-2-4-9-17/h2-10,19H,11-15H2,1H3,(H,23,27). The molecule has 28 heavy (non-hydrogen) atoms. The summed E-state index contributed by atoms with van der Waals surface area (Å²) in [6, 6.07) is 16.3. The number of hydrogen-bond acceptors (Lipinski definition) is 4. The van der Waals surface area contributed by atoms with Crippen LogP contribution in [0.4, 0.5) is 4.79 Å². The molecule has 2 aromatic rings. The molecule has 0 aromatic heterocycles. The summed E-state index contributed by atoms with van der Waals surface area (Å²) in [7, 11) is 0. The van der Waals surface area contributed by atoms with Crippen molar-refractivity contribution in [1.82, 2.24) is 10.2 Å². The molecule has 1 aliphatic heterocycles. The molecule has 1 aliphatic rings. The zero-order chi connectivity index (χ0) is 19.9. The first-order chi connectivity index (χ1) is 13.6. The fourth-order valence-corrected chi connectivity index (χ4v) is 3.37. The van der Waals surface area contributed by atoms with Crippen molar-refractivity contribution < 1.29 is 19.1 Å². The van der Waals surface area contributed by atoms with Gasteiger partial charge in [0.25, 0.3) is 0 Å². The van der Waals surface area contributed by atoms with Crippen molar-refractivity contribution in [2.45, 2.75) is 32.4 Å². The second-order valence-electron chi connectivity index (χ2n) is 6.81. The van der Waals surface area contributed by atoms with Gasteiger partial charge in [0.05, 0.1) is 6.04 Å². The van der Waals surface area contributed by atoms with Crippen LogP contribution in [0.5, 0.6) is 0 Å². The highest BCUT2D eigenvalue weighted by atomic mass is 16.5. The predicted octanol–water partition coefficient (Wildman–Crippen LogP) is 3.10. The topological polar surface area (TPSA) is 75.7 Å². The van der Waals surface area contributed by atoms with Crippen LogP contribution in [0.1, 0.15) is 34.3 Å². The third-order valence-corrected chi connectivity index (χ3v) is 4.88. The third-order valence-electron chi connectivity index (χ3n) is 4.88. The molecule has 1 unspecified atom stereocenters. The summed E-state index contributed by atoms with van der Waals surface area (Å²) in [6.07, 6.45) is 0.308. The number of ether oxygens (including phenoxy) is 1. The number of carbonyl (C=O) groups excluding carboxylic acids is 3. The Labute approximate surface area is 164 Å². The number of amides is 2. The first kappa shape index (κ1) is 19.6. The molecule has 3 rings (SSSR count). The largest absolute Gasteiger partial charge is 0.445 e. The van der Waals surface area contributed by atoms with Gasteiger partial charge in [-0.2, -0.15) is 0 Å². The zero-order valence-electron chi connectivity index (χ0n) is 15.9. The van der Waals surface area contributed by atoms with Gasteiger partial charge in [-0.1, -0.05) is 54.6 Å². The molecule has 2 aromatic carbocycles. The molecule has 1 N–H and O–H groups in total. The van der Waals surface area contributed by atoms with E-state index in [0.717, 1.165) is 11.1 Å². The van der Waals surface area contributed by atoms with Gasteiger partial charge < -0.3 is 15.0 Å². The molecule has 0 saturated carbocycles. The van der Waals surface area contributed by atoms with Gasteiger partial charge in [-0.05, 0) is 24.5 Å². The monoisotopic (exact) mass is 380 g/mol. The van der Waals surface area contributed by atoms with Crippen molar-refractivity contribution in [3.05, 3.63) is 71.3 Å². The molecule has 0 aliphatic carbocycles. The van der Waals surface area contributed by atoms with Crippen LogP contribution in [0.3, 0.4) is 0 Å². The van der Waals surface area contributed by atoms with E-state index in [-0.39, 0.29) is 31.4 Å². The number of likely N-dealkylation sites (tertiary alicyclic amines) is 1. The van der Waals surface area contributed by atoms with Gasteiger partial charge in [0.2, 0.25) is 5.91 Å². The Hall–Kier alpha value is -3.15. The minimum Gasteiger partial charge on any atom is -0.445 e. The normalized spacial score (nSPS) is 16.1. The van der Waals surface area contributed by atoms with E-state index < -0.39 is 12.1 Å². The van der Waals surface area contributed by atoms with E-state index in [0.29, 0.717) is 18.4 Å². The van der Waals surface area contributed by atoms with E-state index in [9.17, 15) is 14.4 Å². The van der Waals surface area contributed by atoms with Crippen molar-refractivity contribution >= 4 is 17.8 Å². The summed E-state index contributed by atoms with van der Waals surface area (Å²) >= 11 is 0. The number of rotatable bonds is 7. The SMILES string of the molecule is Cc1ccccc1C(=O)C1CCC(=O)N1CCNC(=O)OCc1ccccc1. The van der Waals surface area contributed by atoms with Gasteiger partial charge in [-0.25, -0.2) is 4.79 Å². The van der Waals surface area contributed by atoms with Crippen LogP contribution in [0, 0.1) is 6.92 Å². The van der Waals surface area contributed by atoms with Crippen LogP contribution < -0.4 is 5.32 Å². The van der Waals surface area contributed by atoms with E-state index in [4.69, 9.17) is 4.74 Å². The Bertz CT molecular complexity index is 851. The number of benzene rings is 2. The van der Waals surface area contributed by atoms with Crippen LogP contribution in [0.15, 0.2) is 54.6 Å². The lowest BCUT2D eigenvalue weighted by Crippen LogP contribution is -2.43. The summed E-state index contributed by atoms with van der Waals surface area (Å²) < 4.78 is 5.16. The Balaban J connectivity index is 1.51. The van der Waals surface area contributed by atoms with Crippen LogP contribution >= 0.6 is 0 Å². The Morgan fingerprint density at radius 1 is 1.11 bits per heavy atom. The maximum Gasteiger partial charge on any atom is 0.407 e. The molecule has 2 amide bonds. The number of aryl methyl sites for hydroxylation is 1. The number of nitrogens with zero attached hydrogens (tertiary/aromatic N) is 1. The highest BCUT2D eigenvalue weighted by Crippen LogP contribution is 2.23. The fraction of sp³-hybridized carbons (Fsp3) is 0.318. The molecule has 146 valence electrons. The Kier molecular flexibility index (Phi) is 6.42. The summed E-state index contributed by atoms with van der Waals surface area (Å²) in [5, 5.41) is 2.64. The molecule has 0 spiro atoms. The van der Waals surface area contributed by atoms with Crippen LogP contribution in [-0.2, 0) is 16.1 Å². The van der Waals surface area contributed by atoms with Crippen molar-refractivity contribution in [3.63, 3.8) is 0 Å². The maximum absolute atomic E-state index is 12.9. The lowest BCUT2D eigenvalue weighted by molar-refractivity contribution is -0.128. The molecule has 0 bridgehead atoms. The summed E-state index contributed by atoms with van der Waals surface area (Å²) in [5.41, 5.74) is 2.44. The zero-order valence-corrected chi connectivity index (χ0v) is 15.9. The quantitative estimate of drug-likeness (QED) is 0.749. The molecule has 1 atom stereocenters. The highest BCUT2D eigenvalue weighted by molar-refractivity contribution is 6.04. The highest BCUT2D eigenvalue weighted by Gasteiger charge is 2.36. The van der Waals surface area contributed by atoms with Crippen molar-refractivity contribution in [3.8, 4) is 0 Å². The second kappa shape index (κ2) is 9.17. The molecule has 1 saturated heterocycles. The average molecular weight is 380 g/mol. The van der Waals surface area contributed by atoms with Crippen LogP contribution in [0.2, 0.25) is 0 Å². The van der Waals surface area contributed by atoms with Gasteiger partial charge in [-0.3, -0.25) is 9.59 Å². The number of Topliss-reactive ketones (excluding diaryl/α,β-unsaturated/α-hetero) is 1. The number of ketones is 1. The molecular weight excluding hydrogens is 356 g/mol. The summed E-state index contributed by atoms with van der Waals surface area (Å²) in [6.45, 7) is 2.58. The van der Waals surface area contributed by atoms with Gasteiger partial charge >= 0.3 is 6.09 Å².